The Kier molecular flexibility index (Phi) is 3.84. The van der Waals surface area contributed by atoms with E-state index < -0.39 is 0 Å². The molecule has 0 bridgehead atoms. The average molecular weight is 299 g/mol. The molecule has 1 aromatic heterocycles. The number of nitrogens with zero attached hydrogens (tertiary/aromatic N) is 3. The Hall–Kier alpha value is -2.73. The van der Waals surface area contributed by atoms with Crippen molar-refractivity contribution >= 4 is 0 Å². The number of ether oxygens (including phenoxy) is 1. The molecule has 2 aromatic carbocycles. The van der Waals surface area contributed by atoms with E-state index in [2.05, 4.69) is 10.3 Å². The third-order valence-electron chi connectivity index (χ3n) is 3.32. The quantitative estimate of drug-likeness (QED) is 0.804. The van der Waals surface area contributed by atoms with Gasteiger partial charge < -0.3 is 9.84 Å². The molecule has 0 radical (unpaired) electrons. The topological polar surface area (TPSA) is 60.2 Å². The van der Waals surface area contributed by atoms with E-state index in [1.165, 1.54) is 12.1 Å². The van der Waals surface area contributed by atoms with Crippen LogP contribution in [0.15, 0.2) is 48.5 Å². The second-order valence-electron chi connectivity index (χ2n) is 4.63. The van der Waals surface area contributed by atoms with Gasteiger partial charge >= 0.3 is 0 Å². The van der Waals surface area contributed by atoms with Crippen LogP contribution in [0.4, 0.5) is 4.39 Å². The Bertz CT molecular complexity index is 784. The normalized spacial score (nSPS) is 10.7. The van der Waals surface area contributed by atoms with Crippen LogP contribution in [0.3, 0.4) is 0 Å². The number of aliphatic hydroxyl groups is 1. The van der Waals surface area contributed by atoms with Gasteiger partial charge in [0.25, 0.3) is 0 Å². The molecule has 0 aliphatic rings. The summed E-state index contributed by atoms with van der Waals surface area (Å²) in [5, 5.41) is 17.6. The Morgan fingerprint density at radius 1 is 1.14 bits per heavy atom. The fourth-order valence-electron chi connectivity index (χ4n) is 2.29. The van der Waals surface area contributed by atoms with Gasteiger partial charge in [0.05, 0.1) is 13.7 Å². The SMILES string of the molecule is COc1ccccc1-n1nnc(CO)c1-c1ccc(F)cc1. The zero-order chi connectivity index (χ0) is 15.5. The third-order valence-corrected chi connectivity index (χ3v) is 3.32. The fourth-order valence-corrected chi connectivity index (χ4v) is 2.29. The Morgan fingerprint density at radius 2 is 1.86 bits per heavy atom. The summed E-state index contributed by atoms with van der Waals surface area (Å²) in [5.41, 5.74) is 2.42. The fraction of sp³-hybridized carbons (Fsp3) is 0.125. The molecular weight excluding hydrogens is 285 g/mol. The monoisotopic (exact) mass is 299 g/mol. The van der Waals surface area contributed by atoms with Crippen molar-refractivity contribution in [2.45, 2.75) is 6.61 Å². The Morgan fingerprint density at radius 3 is 2.55 bits per heavy atom. The lowest BCUT2D eigenvalue weighted by Crippen LogP contribution is -2.02. The van der Waals surface area contributed by atoms with Crippen LogP contribution in [0.1, 0.15) is 5.69 Å². The highest BCUT2D eigenvalue weighted by atomic mass is 19.1. The number of hydrogen-bond donors (Lipinski definition) is 1. The molecule has 0 spiro atoms. The van der Waals surface area contributed by atoms with Crippen LogP contribution in [0, 0.1) is 5.82 Å². The van der Waals surface area contributed by atoms with Crippen molar-refractivity contribution in [3.63, 3.8) is 0 Å². The summed E-state index contributed by atoms with van der Waals surface area (Å²) in [6.07, 6.45) is 0. The van der Waals surface area contributed by atoms with Crippen molar-refractivity contribution in [2.24, 2.45) is 0 Å². The molecule has 0 saturated carbocycles. The maximum Gasteiger partial charge on any atom is 0.144 e. The second kappa shape index (κ2) is 5.95. The number of methoxy groups -OCH3 is 1. The van der Waals surface area contributed by atoms with Gasteiger partial charge in [-0.05, 0) is 36.4 Å². The van der Waals surface area contributed by atoms with Gasteiger partial charge in [0.15, 0.2) is 0 Å². The summed E-state index contributed by atoms with van der Waals surface area (Å²) < 4.78 is 20.1. The van der Waals surface area contributed by atoms with Gasteiger partial charge in [-0.15, -0.1) is 5.10 Å². The van der Waals surface area contributed by atoms with Gasteiger partial charge in [0.1, 0.15) is 28.6 Å². The van der Waals surface area contributed by atoms with Crippen molar-refractivity contribution < 1.29 is 14.2 Å². The van der Waals surface area contributed by atoms with Crippen LogP contribution < -0.4 is 4.74 Å². The molecule has 0 aliphatic heterocycles. The van der Waals surface area contributed by atoms with Crippen molar-refractivity contribution in [2.75, 3.05) is 7.11 Å². The van der Waals surface area contributed by atoms with E-state index in [0.717, 1.165) is 0 Å². The number of aliphatic hydroxyl groups excluding tert-OH is 1. The molecule has 0 fully saturated rings. The van der Waals surface area contributed by atoms with E-state index in [9.17, 15) is 9.50 Å². The number of aromatic nitrogens is 3. The van der Waals surface area contributed by atoms with E-state index in [0.29, 0.717) is 28.4 Å². The smallest absolute Gasteiger partial charge is 0.144 e. The van der Waals surface area contributed by atoms with Gasteiger partial charge in [0.2, 0.25) is 0 Å². The molecule has 1 heterocycles. The maximum absolute atomic E-state index is 13.1. The first-order valence-electron chi connectivity index (χ1n) is 6.69. The standard InChI is InChI=1S/C16H14FN3O2/c1-22-15-5-3-2-4-14(15)20-16(13(10-21)18-19-20)11-6-8-12(17)9-7-11/h2-9,21H,10H2,1H3. The minimum atomic E-state index is -0.328. The van der Waals surface area contributed by atoms with E-state index in [-0.39, 0.29) is 12.4 Å². The highest BCUT2D eigenvalue weighted by Crippen LogP contribution is 2.29. The predicted molar refractivity (Wildman–Crippen MR) is 79.2 cm³/mol. The summed E-state index contributed by atoms with van der Waals surface area (Å²) in [5.74, 6) is 0.297. The zero-order valence-electron chi connectivity index (χ0n) is 11.9. The van der Waals surface area contributed by atoms with Gasteiger partial charge in [-0.2, -0.15) is 0 Å². The highest BCUT2D eigenvalue weighted by Gasteiger charge is 2.18. The molecule has 0 aliphatic carbocycles. The summed E-state index contributed by atoms with van der Waals surface area (Å²) in [6.45, 7) is -0.262. The van der Waals surface area contributed by atoms with Gasteiger partial charge in [0, 0.05) is 5.56 Å². The van der Waals surface area contributed by atoms with E-state index in [1.54, 1.807) is 23.9 Å². The zero-order valence-corrected chi connectivity index (χ0v) is 11.9. The minimum Gasteiger partial charge on any atom is -0.494 e. The molecular formula is C16H14FN3O2. The molecule has 22 heavy (non-hydrogen) atoms. The van der Waals surface area contributed by atoms with Gasteiger partial charge in [-0.25, -0.2) is 9.07 Å². The van der Waals surface area contributed by atoms with E-state index in [4.69, 9.17) is 4.74 Å². The summed E-state index contributed by atoms with van der Waals surface area (Å²) in [7, 11) is 1.57. The maximum atomic E-state index is 13.1. The first-order chi connectivity index (χ1) is 10.7. The first-order valence-corrected chi connectivity index (χ1v) is 6.69. The molecule has 3 rings (SSSR count). The first kappa shape index (κ1) is 14.2. The lowest BCUT2D eigenvalue weighted by atomic mass is 10.1. The second-order valence-corrected chi connectivity index (χ2v) is 4.63. The lowest BCUT2D eigenvalue weighted by Gasteiger charge is -2.11. The van der Waals surface area contributed by atoms with Crippen LogP contribution in [0.5, 0.6) is 5.75 Å². The lowest BCUT2D eigenvalue weighted by molar-refractivity contribution is 0.277. The Labute approximate surface area is 126 Å². The van der Waals surface area contributed by atoms with Crippen molar-refractivity contribution in [3.05, 3.63) is 60.0 Å². The predicted octanol–water partition coefficient (Wildman–Crippen LogP) is 2.57. The summed E-state index contributed by atoms with van der Waals surface area (Å²) in [6, 6.07) is 13.3. The van der Waals surface area contributed by atoms with Crippen LogP contribution in [0.25, 0.3) is 16.9 Å². The van der Waals surface area contributed by atoms with Gasteiger partial charge in [-0.3, -0.25) is 0 Å². The molecule has 1 N–H and O–H groups in total. The van der Waals surface area contributed by atoms with E-state index in [1.807, 2.05) is 24.3 Å². The molecule has 0 atom stereocenters. The largest absolute Gasteiger partial charge is 0.494 e. The van der Waals surface area contributed by atoms with Crippen LogP contribution in [-0.4, -0.2) is 27.2 Å². The van der Waals surface area contributed by atoms with Crippen LogP contribution >= 0.6 is 0 Å². The molecule has 0 saturated heterocycles. The molecule has 6 heteroatoms. The third kappa shape index (κ3) is 2.44. The number of benzene rings is 2. The van der Waals surface area contributed by atoms with Crippen molar-refractivity contribution in [3.8, 4) is 22.7 Å². The summed E-state index contributed by atoms with van der Waals surface area (Å²) >= 11 is 0. The number of rotatable bonds is 4. The van der Waals surface area contributed by atoms with Gasteiger partial charge in [-0.1, -0.05) is 17.3 Å². The molecule has 0 amide bonds. The van der Waals surface area contributed by atoms with Crippen LogP contribution in [-0.2, 0) is 6.61 Å². The molecule has 5 nitrogen and oxygen atoms in total. The van der Waals surface area contributed by atoms with Crippen LogP contribution in [0.2, 0.25) is 0 Å². The molecule has 0 unspecified atom stereocenters. The number of para-hydroxylation sites is 2. The van der Waals surface area contributed by atoms with E-state index >= 15 is 0 Å². The van der Waals surface area contributed by atoms with Crippen molar-refractivity contribution in [1.82, 2.24) is 15.0 Å². The molecule has 3 aromatic rings. The molecule has 112 valence electrons. The van der Waals surface area contributed by atoms with Crippen molar-refractivity contribution in [1.29, 1.82) is 0 Å². The minimum absolute atomic E-state index is 0.262. The Balaban J connectivity index is 2.21. The average Bonchev–Trinajstić information content (AvgIpc) is 2.99. The summed E-state index contributed by atoms with van der Waals surface area (Å²) in [4.78, 5) is 0. The number of halogens is 1. The number of hydrogen-bond acceptors (Lipinski definition) is 4. The highest BCUT2D eigenvalue weighted by molar-refractivity contribution is 5.65.